The maximum atomic E-state index is 12.5. The van der Waals surface area contributed by atoms with E-state index in [4.69, 9.17) is 5.73 Å². The lowest BCUT2D eigenvalue weighted by Gasteiger charge is -2.21. The smallest absolute Gasteiger partial charge is 0.329 e. The fourth-order valence-corrected chi connectivity index (χ4v) is 2.95. The quantitative estimate of drug-likeness (QED) is 0.805. The van der Waals surface area contributed by atoms with Gasteiger partial charge in [0, 0.05) is 19.0 Å². The van der Waals surface area contributed by atoms with Gasteiger partial charge in [-0.1, -0.05) is 0 Å². The molecule has 0 spiro atoms. The zero-order chi connectivity index (χ0) is 16.0. The molecule has 7 heteroatoms. The monoisotopic (exact) mass is 301 g/mol. The first kappa shape index (κ1) is 14.2. The maximum absolute atomic E-state index is 12.5. The number of ketones is 2. The maximum Gasteiger partial charge on any atom is 0.329 e. The number of rotatable bonds is 2. The molecular formula is C15H15N3O4. The van der Waals surface area contributed by atoms with E-state index in [1.165, 1.54) is 21.3 Å². The van der Waals surface area contributed by atoms with Crippen LogP contribution in [0.4, 0.5) is 0 Å². The van der Waals surface area contributed by atoms with Crippen LogP contribution in [0.2, 0.25) is 0 Å². The van der Waals surface area contributed by atoms with Gasteiger partial charge in [-0.2, -0.15) is 0 Å². The van der Waals surface area contributed by atoms with Crippen LogP contribution in [0, 0.1) is 0 Å². The van der Waals surface area contributed by atoms with Crippen LogP contribution in [0.3, 0.4) is 0 Å². The van der Waals surface area contributed by atoms with Crippen LogP contribution in [0.5, 0.6) is 0 Å². The first-order valence-electron chi connectivity index (χ1n) is 6.95. The first-order chi connectivity index (χ1) is 10.4. The molecular weight excluding hydrogens is 286 g/mol. The zero-order valence-corrected chi connectivity index (χ0v) is 12.0. The van der Waals surface area contributed by atoms with E-state index in [2.05, 4.69) is 0 Å². The van der Waals surface area contributed by atoms with Crippen LogP contribution in [0.25, 0.3) is 11.0 Å². The minimum atomic E-state index is -0.631. The van der Waals surface area contributed by atoms with Crippen molar-refractivity contribution in [2.75, 3.05) is 0 Å². The molecule has 1 atom stereocenters. The van der Waals surface area contributed by atoms with E-state index in [0.29, 0.717) is 29.4 Å². The lowest BCUT2D eigenvalue weighted by Crippen LogP contribution is -2.34. The summed E-state index contributed by atoms with van der Waals surface area (Å²) in [5.74, 6) is -0.920. The van der Waals surface area contributed by atoms with Crippen LogP contribution in [-0.2, 0) is 16.6 Å². The molecule has 7 nitrogen and oxygen atoms in total. The Kier molecular flexibility index (Phi) is 3.20. The highest BCUT2D eigenvalue weighted by molar-refractivity contribution is 6.03. The van der Waals surface area contributed by atoms with E-state index in [1.807, 2.05) is 0 Å². The number of aryl methyl sites for hydroxylation is 1. The van der Waals surface area contributed by atoms with Gasteiger partial charge in [-0.15, -0.1) is 0 Å². The summed E-state index contributed by atoms with van der Waals surface area (Å²) in [7, 11) is 1.57. The fourth-order valence-electron chi connectivity index (χ4n) is 2.95. The summed E-state index contributed by atoms with van der Waals surface area (Å²) in [5, 5.41) is 0. The number of benzene rings is 1. The summed E-state index contributed by atoms with van der Waals surface area (Å²) in [6.07, 6.45) is 0.486. The SMILES string of the molecule is Cn1c(=O)n(C2CCC(=O)CC2=O)c2ccc(C(N)=O)cc21. The van der Waals surface area contributed by atoms with Crippen LogP contribution in [-0.4, -0.2) is 26.6 Å². The lowest BCUT2D eigenvalue weighted by molar-refractivity contribution is -0.132. The summed E-state index contributed by atoms with van der Waals surface area (Å²) in [6, 6.07) is 4.04. The second kappa shape index (κ2) is 4.94. The fraction of sp³-hybridized carbons (Fsp3) is 0.333. The lowest BCUT2D eigenvalue weighted by atomic mass is 9.93. The van der Waals surface area contributed by atoms with E-state index in [9.17, 15) is 19.2 Å². The van der Waals surface area contributed by atoms with Crippen molar-refractivity contribution in [2.45, 2.75) is 25.3 Å². The van der Waals surface area contributed by atoms with Crippen LogP contribution < -0.4 is 11.4 Å². The second-order valence-electron chi connectivity index (χ2n) is 5.52. The average Bonchev–Trinajstić information content (AvgIpc) is 2.71. The van der Waals surface area contributed by atoms with Gasteiger partial charge in [0.1, 0.15) is 5.78 Å². The number of nitrogens with zero attached hydrogens (tertiary/aromatic N) is 2. The van der Waals surface area contributed by atoms with Gasteiger partial charge in [0.2, 0.25) is 5.91 Å². The van der Waals surface area contributed by atoms with Crippen molar-refractivity contribution < 1.29 is 14.4 Å². The van der Waals surface area contributed by atoms with Crippen molar-refractivity contribution in [3.63, 3.8) is 0 Å². The molecule has 2 aromatic rings. The van der Waals surface area contributed by atoms with Gasteiger partial charge in [-0.3, -0.25) is 23.5 Å². The third-order valence-corrected chi connectivity index (χ3v) is 4.13. The van der Waals surface area contributed by atoms with Crippen molar-refractivity contribution in [2.24, 2.45) is 12.8 Å². The molecule has 0 aliphatic heterocycles. The van der Waals surface area contributed by atoms with Crippen molar-refractivity contribution in [1.29, 1.82) is 0 Å². The number of amides is 1. The number of nitrogens with two attached hydrogens (primary N) is 1. The molecule has 1 saturated carbocycles. The van der Waals surface area contributed by atoms with Gasteiger partial charge in [0.15, 0.2) is 5.78 Å². The molecule has 1 unspecified atom stereocenters. The number of hydrogen-bond donors (Lipinski definition) is 1. The molecule has 1 aromatic heterocycles. The van der Waals surface area contributed by atoms with E-state index in [1.54, 1.807) is 13.1 Å². The van der Waals surface area contributed by atoms with E-state index in [-0.39, 0.29) is 23.7 Å². The number of Topliss-reactive ketones (excluding diaryl/α,β-unsaturated/α-hetero) is 2. The number of hydrogen-bond acceptors (Lipinski definition) is 4. The molecule has 1 fully saturated rings. The summed E-state index contributed by atoms with van der Waals surface area (Å²) in [4.78, 5) is 47.2. The van der Waals surface area contributed by atoms with E-state index < -0.39 is 11.9 Å². The van der Waals surface area contributed by atoms with Crippen LogP contribution in [0.1, 0.15) is 35.7 Å². The zero-order valence-electron chi connectivity index (χ0n) is 12.0. The molecule has 1 aromatic carbocycles. The predicted octanol–water partition coefficient (Wildman–Crippen LogP) is 0.302. The molecule has 1 aliphatic rings. The number of primary amides is 1. The summed E-state index contributed by atoms with van der Waals surface area (Å²) < 4.78 is 2.79. The normalized spacial score (nSPS) is 18.9. The third kappa shape index (κ3) is 2.05. The number of carbonyl (C=O) groups excluding carboxylic acids is 3. The second-order valence-corrected chi connectivity index (χ2v) is 5.52. The highest BCUT2D eigenvalue weighted by atomic mass is 16.2. The molecule has 3 rings (SSSR count). The minimum Gasteiger partial charge on any atom is -0.366 e. The number of carbonyl (C=O) groups is 3. The van der Waals surface area contributed by atoms with Crippen LogP contribution in [0.15, 0.2) is 23.0 Å². The molecule has 0 bridgehead atoms. The van der Waals surface area contributed by atoms with Gasteiger partial charge in [-0.05, 0) is 24.6 Å². The van der Waals surface area contributed by atoms with Gasteiger partial charge in [0.05, 0.1) is 23.5 Å². The number of fused-ring (bicyclic) bond motifs is 1. The van der Waals surface area contributed by atoms with Crippen molar-refractivity contribution in [3.8, 4) is 0 Å². The highest BCUT2D eigenvalue weighted by Crippen LogP contribution is 2.26. The van der Waals surface area contributed by atoms with Crippen molar-refractivity contribution in [3.05, 3.63) is 34.2 Å². The number of imidazole rings is 1. The summed E-state index contributed by atoms with van der Waals surface area (Å²) in [5.41, 5.74) is 6.30. The Labute approximate surface area is 125 Å². The molecule has 0 saturated heterocycles. The van der Waals surface area contributed by atoms with Gasteiger partial charge in [0.25, 0.3) is 0 Å². The first-order valence-corrected chi connectivity index (χ1v) is 6.95. The molecule has 1 aliphatic carbocycles. The molecule has 2 N–H and O–H groups in total. The Hall–Kier alpha value is -2.70. The topological polar surface area (TPSA) is 104 Å². The summed E-state index contributed by atoms with van der Waals surface area (Å²) >= 11 is 0. The molecule has 1 amide bonds. The predicted molar refractivity (Wildman–Crippen MR) is 78.6 cm³/mol. The molecule has 114 valence electrons. The summed E-state index contributed by atoms with van der Waals surface area (Å²) in [6.45, 7) is 0. The third-order valence-electron chi connectivity index (χ3n) is 4.13. The largest absolute Gasteiger partial charge is 0.366 e. The van der Waals surface area contributed by atoms with E-state index in [0.717, 1.165) is 0 Å². The van der Waals surface area contributed by atoms with Gasteiger partial charge < -0.3 is 5.73 Å². The average molecular weight is 301 g/mol. The molecule has 22 heavy (non-hydrogen) atoms. The Balaban J connectivity index is 2.20. The standard InChI is InChI=1S/C15H15N3O4/c1-17-12-6-8(14(16)21)2-4-10(12)18(15(17)22)11-5-3-9(19)7-13(11)20/h2,4,6,11H,3,5,7H2,1H3,(H2,16,21). The minimum absolute atomic E-state index is 0.0921. The Bertz CT molecular complexity index is 875. The van der Waals surface area contributed by atoms with Gasteiger partial charge in [-0.25, -0.2) is 4.79 Å². The highest BCUT2D eigenvalue weighted by Gasteiger charge is 2.31. The van der Waals surface area contributed by atoms with Gasteiger partial charge >= 0.3 is 5.69 Å². The van der Waals surface area contributed by atoms with Crippen molar-refractivity contribution in [1.82, 2.24) is 9.13 Å². The Morgan fingerprint density at radius 2 is 1.95 bits per heavy atom. The van der Waals surface area contributed by atoms with Crippen molar-refractivity contribution >= 4 is 28.5 Å². The van der Waals surface area contributed by atoms with E-state index >= 15 is 0 Å². The molecule has 1 heterocycles. The Morgan fingerprint density at radius 1 is 1.23 bits per heavy atom. The molecule has 0 radical (unpaired) electrons. The Morgan fingerprint density at radius 3 is 2.59 bits per heavy atom. The number of aromatic nitrogens is 2. The van der Waals surface area contributed by atoms with Crippen LogP contribution >= 0.6 is 0 Å².